The van der Waals surface area contributed by atoms with Crippen molar-refractivity contribution < 1.29 is 13.9 Å². The molecule has 0 bridgehead atoms. The molecule has 0 amide bonds. The monoisotopic (exact) mass is 274 g/mol. The number of unbranched alkanes of at least 4 members (excludes halogenated alkanes) is 6. The molecule has 0 aliphatic rings. The molecule has 0 aliphatic carbocycles. The maximum Gasteiger partial charge on any atom is 0.269 e. The van der Waals surface area contributed by atoms with Gasteiger partial charge in [0.25, 0.3) is 5.97 Å². The number of hydrogen-bond acceptors (Lipinski definition) is 3. The highest BCUT2D eigenvalue weighted by atomic mass is 28.2. The van der Waals surface area contributed by atoms with E-state index in [-0.39, 0.29) is 0 Å². The normalized spacial score (nSPS) is 12.4. The van der Waals surface area contributed by atoms with Gasteiger partial charge >= 0.3 is 0 Å². The van der Waals surface area contributed by atoms with E-state index in [0.29, 0.717) is 0 Å². The van der Waals surface area contributed by atoms with Crippen molar-refractivity contribution in [2.75, 3.05) is 14.2 Å². The summed E-state index contributed by atoms with van der Waals surface area (Å²) in [6.07, 6.45) is 11.1. The zero-order valence-corrected chi connectivity index (χ0v) is 13.8. The first-order valence-electron chi connectivity index (χ1n) is 7.03. The Morgan fingerprint density at radius 1 is 1.00 bits per heavy atom. The topological polar surface area (TPSA) is 27.7 Å². The molecule has 0 spiro atoms. The third-order valence-electron chi connectivity index (χ3n) is 3.16. The lowest BCUT2D eigenvalue weighted by Gasteiger charge is -2.26. The molecule has 18 heavy (non-hydrogen) atoms. The van der Waals surface area contributed by atoms with Crippen LogP contribution in [0.1, 0.15) is 51.9 Å². The molecular formula is C14H30O3Si. The fraction of sp³-hybridized carbons (Fsp3) is 0.857. The average molecular weight is 274 g/mol. The number of methoxy groups -OCH3 is 2. The fourth-order valence-corrected chi connectivity index (χ4v) is 3.04. The molecule has 0 heterocycles. The maximum atomic E-state index is 5.67. The summed E-state index contributed by atoms with van der Waals surface area (Å²) in [5.41, 5.74) is 0. The summed E-state index contributed by atoms with van der Waals surface area (Å²) < 4.78 is 16.0. The van der Waals surface area contributed by atoms with E-state index in [1.165, 1.54) is 44.6 Å². The number of hydrogen-bond donors (Lipinski definition) is 0. The molecule has 108 valence electrons. The minimum Gasteiger partial charge on any atom is -0.376 e. The van der Waals surface area contributed by atoms with Crippen LogP contribution in [0.5, 0.6) is 0 Å². The van der Waals surface area contributed by atoms with Gasteiger partial charge in [-0.3, -0.25) is 0 Å². The van der Waals surface area contributed by atoms with E-state index < -0.39 is 15.7 Å². The lowest BCUT2D eigenvalue weighted by molar-refractivity contribution is -0.310. The van der Waals surface area contributed by atoms with E-state index in [2.05, 4.69) is 6.58 Å². The molecule has 0 aliphatic heterocycles. The molecule has 0 saturated heterocycles. The molecule has 0 unspecified atom stereocenters. The Labute approximate surface area is 115 Å². The molecule has 4 heteroatoms. The van der Waals surface area contributed by atoms with E-state index in [1.807, 2.05) is 13.0 Å². The minimum absolute atomic E-state index is 0.526. The first kappa shape index (κ1) is 17.8. The zero-order chi connectivity index (χ0) is 13.7. The van der Waals surface area contributed by atoms with Crippen LogP contribution < -0.4 is 0 Å². The molecule has 0 saturated carbocycles. The second-order valence-corrected chi connectivity index (χ2v) is 6.08. The Morgan fingerprint density at radius 3 is 2.11 bits per heavy atom. The van der Waals surface area contributed by atoms with Gasteiger partial charge in [-0.15, -0.1) is 6.58 Å². The number of rotatable bonds is 13. The Morgan fingerprint density at radius 2 is 1.56 bits per heavy atom. The molecule has 0 aromatic heterocycles. The van der Waals surface area contributed by atoms with Crippen LogP contribution in [0.15, 0.2) is 12.7 Å². The average Bonchev–Trinajstić information content (AvgIpc) is 2.40. The highest BCUT2D eigenvalue weighted by molar-refractivity contribution is 6.27. The van der Waals surface area contributed by atoms with Crippen LogP contribution in [0.25, 0.3) is 0 Å². The summed E-state index contributed by atoms with van der Waals surface area (Å²) in [7, 11) is 2.70. The van der Waals surface area contributed by atoms with Crippen LogP contribution in [0.2, 0.25) is 6.04 Å². The Bertz CT molecular complexity index is 193. The molecule has 0 aromatic rings. The van der Waals surface area contributed by atoms with E-state index >= 15 is 0 Å². The summed E-state index contributed by atoms with van der Waals surface area (Å²) in [4.78, 5) is 0. The van der Waals surface area contributed by atoms with E-state index in [1.54, 1.807) is 14.2 Å². The molecule has 0 atom stereocenters. The first-order chi connectivity index (χ1) is 8.68. The quantitative estimate of drug-likeness (QED) is 0.223. The van der Waals surface area contributed by atoms with Crippen molar-refractivity contribution in [3.05, 3.63) is 12.7 Å². The van der Waals surface area contributed by atoms with Crippen LogP contribution in [-0.2, 0) is 13.9 Å². The third kappa shape index (κ3) is 9.83. The van der Waals surface area contributed by atoms with Crippen LogP contribution in [-0.4, -0.2) is 30.0 Å². The lowest BCUT2D eigenvalue weighted by atomic mass is 10.1. The van der Waals surface area contributed by atoms with Gasteiger partial charge in [0.15, 0.2) is 9.76 Å². The maximum absolute atomic E-state index is 5.67. The van der Waals surface area contributed by atoms with E-state index in [9.17, 15) is 0 Å². The van der Waals surface area contributed by atoms with Gasteiger partial charge in [-0.2, -0.15) is 0 Å². The van der Waals surface area contributed by atoms with Gasteiger partial charge in [-0.05, 0) is 18.9 Å². The lowest BCUT2D eigenvalue weighted by Crippen LogP contribution is -2.34. The summed E-state index contributed by atoms with van der Waals surface area (Å²) in [5, 5.41) is 0. The molecule has 0 radical (unpaired) electrons. The standard InChI is InChI=1S/C14H30O3Si/c1-5-6-7-8-9-10-11-12-13-18-17-14(2,15-3)16-4/h5H,1,6-13,18H2,2-4H3. The Balaban J connectivity index is 3.23. The van der Waals surface area contributed by atoms with Crippen molar-refractivity contribution in [2.24, 2.45) is 0 Å². The Kier molecular flexibility index (Phi) is 11.8. The zero-order valence-electron chi connectivity index (χ0n) is 12.4. The minimum atomic E-state index is -0.823. The number of allylic oxidation sites excluding steroid dienone is 1. The van der Waals surface area contributed by atoms with Crippen molar-refractivity contribution in [1.29, 1.82) is 0 Å². The molecule has 0 N–H and O–H groups in total. The first-order valence-corrected chi connectivity index (χ1v) is 8.61. The molecule has 3 nitrogen and oxygen atoms in total. The second-order valence-electron chi connectivity index (χ2n) is 4.67. The van der Waals surface area contributed by atoms with Crippen molar-refractivity contribution in [3.8, 4) is 0 Å². The van der Waals surface area contributed by atoms with E-state index in [4.69, 9.17) is 13.9 Å². The molecule has 0 fully saturated rings. The predicted molar refractivity (Wildman–Crippen MR) is 79.4 cm³/mol. The van der Waals surface area contributed by atoms with Crippen molar-refractivity contribution in [2.45, 2.75) is 63.9 Å². The largest absolute Gasteiger partial charge is 0.376 e. The van der Waals surface area contributed by atoms with Crippen LogP contribution in [0.3, 0.4) is 0 Å². The summed E-state index contributed by atoms with van der Waals surface area (Å²) >= 11 is 0. The highest BCUT2D eigenvalue weighted by Crippen LogP contribution is 2.13. The van der Waals surface area contributed by atoms with Gasteiger partial charge in [-0.1, -0.05) is 38.2 Å². The smallest absolute Gasteiger partial charge is 0.269 e. The van der Waals surface area contributed by atoms with Gasteiger partial charge in [0, 0.05) is 21.1 Å². The van der Waals surface area contributed by atoms with Crippen LogP contribution in [0.4, 0.5) is 0 Å². The van der Waals surface area contributed by atoms with E-state index in [0.717, 1.165) is 6.42 Å². The van der Waals surface area contributed by atoms with Crippen molar-refractivity contribution in [3.63, 3.8) is 0 Å². The second kappa shape index (κ2) is 11.9. The van der Waals surface area contributed by atoms with Gasteiger partial charge in [0.05, 0.1) is 0 Å². The molecule has 0 aromatic carbocycles. The molecular weight excluding hydrogens is 244 g/mol. The van der Waals surface area contributed by atoms with Crippen molar-refractivity contribution in [1.82, 2.24) is 0 Å². The summed E-state index contributed by atoms with van der Waals surface area (Å²) in [6.45, 7) is 5.55. The van der Waals surface area contributed by atoms with Gasteiger partial charge in [-0.25, -0.2) is 0 Å². The molecule has 0 rings (SSSR count). The Hall–Kier alpha value is -0.163. The summed E-state index contributed by atoms with van der Waals surface area (Å²) in [5.74, 6) is -0.823. The van der Waals surface area contributed by atoms with Crippen LogP contribution >= 0.6 is 0 Å². The number of ether oxygens (including phenoxy) is 2. The highest BCUT2D eigenvalue weighted by Gasteiger charge is 2.22. The predicted octanol–water partition coefficient (Wildman–Crippen LogP) is 3.39. The SMILES string of the molecule is C=CCCCCCCCC[SiH2]OC(C)(OC)OC. The van der Waals surface area contributed by atoms with Crippen LogP contribution in [0, 0.1) is 0 Å². The summed E-state index contributed by atoms with van der Waals surface area (Å²) in [6, 6.07) is 1.20. The van der Waals surface area contributed by atoms with Crippen molar-refractivity contribution >= 4 is 9.76 Å². The fourth-order valence-electron chi connectivity index (χ4n) is 1.73. The van der Waals surface area contributed by atoms with Gasteiger partial charge in [0.2, 0.25) is 0 Å². The third-order valence-corrected chi connectivity index (χ3v) is 4.68. The van der Waals surface area contributed by atoms with Gasteiger partial charge < -0.3 is 13.9 Å². The van der Waals surface area contributed by atoms with Gasteiger partial charge in [0.1, 0.15) is 0 Å².